The number of nitrogens with two attached hydrogens (primary N) is 1. The van der Waals surface area contributed by atoms with Crippen molar-refractivity contribution >= 4 is 18.3 Å². The van der Waals surface area contributed by atoms with Crippen LogP contribution in [0.1, 0.15) is 5.56 Å². The third-order valence-electron chi connectivity index (χ3n) is 2.86. The summed E-state index contributed by atoms with van der Waals surface area (Å²) in [4.78, 5) is 0. The van der Waals surface area contributed by atoms with E-state index in [1.807, 2.05) is 55.5 Å². The molecule has 0 aliphatic rings. The molecule has 0 bridgehead atoms. The minimum absolute atomic E-state index is 0.0414. The molecule has 0 saturated heterocycles. The maximum Gasteiger partial charge on any atom is 0.129 e. The summed E-state index contributed by atoms with van der Waals surface area (Å²) in [6, 6.07) is 15.9. The molecule has 0 radical (unpaired) electrons. The van der Waals surface area contributed by atoms with E-state index in [1.165, 1.54) is 5.56 Å². The van der Waals surface area contributed by atoms with Crippen molar-refractivity contribution < 1.29 is 4.74 Å². The minimum atomic E-state index is 0.0414. The summed E-state index contributed by atoms with van der Waals surface area (Å²) in [5.74, 6) is 2.31. The van der Waals surface area contributed by atoms with Crippen molar-refractivity contribution in [3.63, 3.8) is 0 Å². The first-order chi connectivity index (χ1) is 9.67. The van der Waals surface area contributed by atoms with Gasteiger partial charge < -0.3 is 15.8 Å². The first-order valence-electron chi connectivity index (χ1n) is 6.62. The van der Waals surface area contributed by atoms with E-state index in [9.17, 15) is 0 Å². The van der Waals surface area contributed by atoms with Crippen LogP contribution in [-0.2, 0) is 0 Å². The number of nitrogens with one attached hydrogen (secondary N) is 1. The predicted octanol–water partition coefficient (Wildman–Crippen LogP) is 3.46. The molecule has 0 aromatic heterocycles. The molecule has 3 nitrogen and oxygen atoms in total. The lowest BCUT2D eigenvalue weighted by atomic mass is 10.2. The number of hydrogen-bond acceptors (Lipinski definition) is 4. The normalized spacial score (nSPS) is 11.9. The standard InChI is InChI=1S/C16H20N2OS/c1-12-4-2-6-15(8-12)19-16-7-3-5-14(9-16)18-10-13(17)11-20/h2-9,13,18,20H,10-11,17H2,1H3/t13-/m1/s1. The van der Waals surface area contributed by atoms with E-state index in [0.29, 0.717) is 12.3 Å². The summed E-state index contributed by atoms with van der Waals surface area (Å²) < 4.78 is 5.85. The Hall–Kier alpha value is -1.65. The van der Waals surface area contributed by atoms with Crippen molar-refractivity contribution in [2.75, 3.05) is 17.6 Å². The number of rotatable bonds is 6. The Bertz CT molecular complexity index is 560. The number of hydrogen-bond donors (Lipinski definition) is 3. The lowest BCUT2D eigenvalue weighted by molar-refractivity contribution is 0.482. The van der Waals surface area contributed by atoms with E-state index in [1.54, 1.807) is 0 Å². The van der Waals surface area contributed by atoms with Crippen molar-refractivity contribution in [3.05, 3.63) is 54.1 Å². The van der Waals surface area contributed by atoms with Gasteiger partial charge in [0.2, 0.25) is 0 Å². The molecule has 0 heterocycles. The van der Waals surface area contributed by atoms with Crippen LogP contribution in [-0.4, -0.2) is 18.3 Å². The summed E-state index contributed by atoms with van der Waals surface area (Å²) >= 11 is 4.17. The fourth-order valence-electron chi connectivity index (χ4n) is 1.80. The molecular weight excluding hydrogens is 268 g/mol. The molecule has 0 aliphatic carbocycles. The van der Waals surface area contributed by atoms with E-state index < -0.39 is 0 Å². The van der Waals surface area contributed by atoms with Gasteiger partial charge in [-0.05, 0) is 36.8 Å². The number of aryl methyl sites for hydroxylation is 1. The molecule has 1 atom stereocenters. The van der Waals surface area contributed by atoms with Crippen LogP contribution in [0.15, 0.2) is 48.5 Å². The second-order valence-electron chi connectivity index (χ2n) is 4.77. The van der Waals surface area contributed by atoms with Gasteiger partial charge in [-0.3, -0.25) is 0 Å². The number of ether oxygens (including phenoxy) is 1. The van der Waals surface area contributed by atoms with Crippen LogP contribution in [0.2, 0.25) is 0 Å². The summed E-state index contributed by atoms with van der Waals surface area (Å²) in [7, 11) is 0. The zero-order chi connectivity index (χ0) is 14.4. The highest BCUT2D eigenvalue weighted by atomic mass is 32.1. The van der Waals surface area contributed by atoms with Gasteiger partial charge in [-0.25, -0.2) is 0 Å². The van der Waals surface area contributed by atoms with Crippen LogP contribution in [0.5, 0.6) is 11.5 Å². The molecule has 2 rings (SSSR count). The van der Waals surface area contributed by atoms with Gasteiger partial charge in [-0.2, -0.15) is 12.6 Å². The first-order valence-corrected chi connectivity index (χ1v) is 7.25. The van der Waals surface area contributed by atoms with Gasteiger partial charge in [0.05, 0.1) is 0 Å². The topological polar surface area (TPSA) is 47.3 Å². The van der Waals surface area contributed by atoms with E-state index >= 15 is 0 Å². The SMILES string of the molecule is Cc1cccc(Oc2cccc(NC[C@@H](N)CS)c2)c1. The second-order valence-corrected chi connectivity index (χ2v) is 5.14. The van der Waals surface area contributed by atoms with Crippen molar-refractivity contribution in [1.29, 1.82) is 0 Å². The molecule has 4 heteroatoms. The average Bonchev–Trinajstić information content (AvgIpc) is 2.45. The highest BCUT2D eigenvalue weighted by molar-refractivity contribution is 7.80. The van der Waals surface area contributed by atoms with Crippen LogP contribution in [0, 0.1) is 6.92 Å². The van der Waals surface area contributed by atoms with Gasteiger partial charge in [0.25, 0.3) is 0 Å². The molecule has 0 amide bonds. The molecule has 0 saturated carbocycles. The molecule has 2 aromatic carbocycles. The molecule has 0 unspecified atom stereocenters. The molecular formula is C16H20N2OS. The maximum atomic E-state index is 5.85. The quantitative estimate of drug-likeness (QED) is 0.713. The number of anilines is 1. The fraction of sp³-hybridized carbons (Fsp3) is 0.250. The molecule has 2 aromatic rings. The average molecular weight is 288 g/mol. The van der Waals surface area contributed by atoms with E-state index in [-0.39, 0.29) is 6.04 Å². The smallest absolute Gasteiger partial charge is 0.129 e. The summed E-state index contributed by atoms with van der Waals surface area (Å²) in [5, 5.41) is 3.28. The molecule has 3 N–H and O–H groups in total. The Morgan fingerprint density at radius 1 is 1.15 bits per heavy atom. The van der Waals surface area contributed by atoms with Gasteiger partial charge in [0, 0.05) is 30.1 Å². The Morgan fingerprint density at radius 2 is 1.85 bits per heavy atom. The maximum absolute atomic E-state index is 5.85. The second kappa shape index (κ2) is 7.22. The van der Waals surface area contributed by atoms with E-state index in [4.69, 9.17) is 10.5 Å². The van der Waals surface area contributed by atoms with Crippen molar-refractivity contribution in [2.24, 2.45) is 5.73 Å². The van der Waals surface area contributed by atoms with E-state index in [0.717, 1.165) is 17.2 Å². The Morgan fingerprint density at radius 3 is 2.55 bits per heavy atom. The van der Waals surface area contributed by atoms with Crippen LogP contribution in [0.3, 0.4) is 0 Å². The number of benzene rings is 2. The summed E-state index contributed by atoms with van der Waals surface area (Å²) in [5.41, 5.74) is 8.00. The van der Waals surface area contributed by atoms with Gasteiger partial charge in [-0.1, -0.05) is 18.2 Å². The first kappa shape index (κ1) is 14.8. The third-order valence-corrected chi connectivity index (χ3v) is 3.33. The molecule has 0 fully saturated rings. The highest BCUT2D eigenvalue weighted by Crippen LogP contribution is 2.24. The molecule has 106 valence electrons. The summed E-state index contributed by atoms with van der Waals surface area (Å²) in [6.07, 6.45) is 0. The van der Waals surface area contributed by atoms with Crippen LogP contribution < -0.4 is 15.8 Å². The fourth-order valence-corrected chi connectivity index (χ4v) is 1.93. The zero-order valence-electron chi connectivity index (χ0n) is 11.5. The van der Waals surface area contributed by atoms with Crippen LogP contribution >= 0.6 is 12.6 Å². The lowest BCUT2D eigenvalue weighted by Gasteiger charge is -2.12. The summed E-state index contributed by atoms with van der Waals surface area (Å²) in [6.45, 7) is 2.74. The Balaban J connectivity index is 2.02. The highest BCUT2D eigenvalue weighted by Gasteiger charge is 2.02. The Kier molecular flexibility index (Phi) is 5.32. The van der Waals surface area contributed by atoms with Crippen molar-refractivity contribution in [1.82, 2.24) is 0 Å². The zero-order valence-corrected chi connectivity index (χ0v) is 12.4. The monoisotopic (exact) mass is 288 g/mol. The molecule has 0 aliphatic heterocycles. The van der Waals surface area contributed by atoms with Crippen LogP contribution in [0.4, 0.5) is 5.69 Å². The number of thiol groups is 1. The van der Waals surface area contributed by atoms with Crippen molar-refractivity contribution in [3.8, 4) is 11.5 Å². The lowest BCUT2D eigenvalue weighted by Crippen LogP contribution is -2.30. The van der Waals surface area contributed by atoms with E-state index in [2.05, 4.69) is 17.9 Å². The van der Waals surface area contributed by atoms with Gasteiger partial charge in [0.1, 0.15) is 11.5 Å². The predicted molar refractivity (Wildman–Crippen MR) is 88.0 cm³/mol. The van der Waals surface area contributed by atoms with Gasteiger partial charge in [-0.15, -0.1) is 0 Å². The minimum Gasteiger partial charge on any atom is -0.457 e. The molecule has 0 spiro atoms. The van der Waals surface area contributed by atoms with Gasteiger partial charge >= 0.3 is 0 Å². The Labute approximate surface area is 125 Å². The largest absolute Gasteiger partial charge is 0.457 e. The van der Waals surface area contributed by atoms with Gasteiger partial charge in [0.15, 0.2) is 0 Å². The molecule has 20 heavy (non-hydrogen) atoms. The third kappa shape index (κ3) is 4.47. The van der Waals surface area contributed by atoms with Crippen molar-refractivity contribution in [2.45, 2.75) is 13.0 Å². The van der Waals surface area contributed by atoms with Crippen LogP contribution in [0.25, 0.3) is 0 Å².